The van der Waals surface area contributed by atoms with E-state index in [-0.39, 0.29) is 5.11 Å². The molecule has 2 rings (SSSR count). The molecule has 0 aliphatic carbocycles. The monoisotopic (exact) mass is 207 g/mol. The third kappa shape index (κ3) is 1.64. The first-order chi connectivity index (χ1) is 6.65. The number of benzene rings is 1. The maximum atomic E-state index is 5.35. The van der Waals surface area contributed by atoms with Crippen molar-refractivity contribution in [1.29, 1.82) is 0 Å². The fourth-order valence-corrected chi connectivity index (χ4v) is 1.36. The van der Waals surface area contributed by atoms with E-state index in [1.807, 2.05) is 18.2 Å². The molecular formula is C8H9N5S. The molecule has 0 spiro atoms. The zero-order valence-electron chi connectivity index (χ0n) is 7.56. The van der Waals surface area contributed by atoms with Crippen LogP contribution < -0.4 is 11.1 Å². The third-order valence-corrected chi connectivity index (χ3v) is 1.85. The molecule has 14 heavy (non-hydrogen) atoms. The number of fused-ring (bicyclic) bond motifs is 1. The zero-order valence-corrected chi connectivity index (χ0v) is 8.38. The lowest BCUT2D eigenvalue weighted by atomic mass is 10.3. The van der Waals surface area contributed by atoms with Crippen LogP contribution in [0.2, 0.25) is 0 Å². The predicted octanol–water partition coefficient (Wildman–Crippen LogP) is 0.624. The Labute approximate surface area is 85.9 Å². The van der Waals surface area contributed by atoms with Gasteiger partial charge in [-0.3, -0.25) is 0 Å². The van der Waals surface area contributed by atoms with E-state index in [9.17, 15) is 0 Å². The van der Waals surface area contributed by atoms with Crippen molar-refractivity contribution in [2.45, 2.75) is 0 Å². The average Bonchev–Trinajstić information content (AvgIpc) is 2.42. The topological polar surface area (TPSA) is 68.8 Å². The van der Waals surface area contributed by atoms with Crippen LogP contribution in [-0.4, -0.2) is 20.1 Å². The lowest BCUT2D eigenvalue weighted by Gasteiger charge is -2.01. The van der Waals surface area contributed by atoms with Crippen LogP contribution in [0, 0.1) is 0 Å². The van der Waals surface area contributed by atoms with Crippen molar-refractivity contribution in [2.75, 3.05) is 5.32 Å². The predicted molar refractivity (Wildman–Crippen MR) is 58.9 cm³/mol. The molecule has 0 amide bonds. The molecule has 5 nitrogen and oxygen atoms in total. The molecular weight excluding hydrogens is 198 g/mol. The second-order valence-electron chi connectivity index (χ2n) is 2.88. The number of nitrogens with one attached hydrogen (secondary N) is 1. The number of aryl methyl sites for hydroxylation is 1. The number of hydrogen-bond acceptors (Lipinski definition) is 3. The SMILES string of the molecule is Cn1nc2ccc(NC(N)=S)cc2n1. The Morgan fingerprint density at radius 3 is 2.86 bits per heavy atom. The summed E-state index contributed by atoms with van der Waals surface area (Å²) in [6, 6.07) is 5.57. The molecule has 0 aliphatic rings. The second kappa shape index (κ2) is 3.22. The van der Waals surface area contributed by atoms with E-state index in [2.05, 4.69) is 15.5 Å². The van der Waals surface area contributed by atoms with Gasteiger partial charge in [-0.05, 0) is 30.4 Å². The van der Waals surface area contributed by atoms with E-state index >= 15 is 0 Å². The lowest BCUT2D eigenvalue weighted by Crippen LogP contribution is -2.18. The van der Waals surface area contributed by atoms with Crippen LogP contribution in [0.3, 0.4) is 0 Å². The van der Waals surface area contributed by atoms with Gasteiger partial charge in [0.1, 0.15) is 11.0 Å². The van der Waals surface area contributed by atoms with Crippen molar-refractivity contribution >= 4 is 34.1 Å². The fourth-order valence-electron chi connectivity index (χ4n) is 1.24. The normalized spacial score (nSPS) is 10.4. The highest BCUT2D eigenvalue weighted by atomic mass is 32.1. The molecule has 1 aromatic carbocycles. The lowest BCUT2D eigenvalue weighted by molar-refractivity contribution is 0.665. The second-order valence-corrected chi connectivity index (χ2v) is 3.32. The molecule has 72 valence electrons. The Kier molecular flexibility index (Phi) is 2.05. The first-order valence-corrected chi connectivity index (χ1v) is 4.43. The van der Waals surface area contributed by atoms with Gasteiger partial charge in [-0.25, -0.2) is 0 Å². The van der Waals surface area contributed by atoms with Crippen LogP contribution in [-0.2, 0) is 7.05 Å². The quantitative estimate of drug-likeness (QED) is 0.671. The summed E-state index contributed by atoms with van der Waals surface area (Å²) < 4.78 is 0. The van der Waals surface area contributed by atoms with Gasteiger partial charge in [0.25, 0.3) is 0 Å². The number of nitrogens with two attached hydrogens (primary N) is 1. The first kappa shape index (κ1) is 8.89. The van der Waals surface area contributed by atoms with Gasteiger partial charge in [-0.15, -0.1) is 0 Å². The van der Waals surface area contributed by atoms with Crippen LogP contribution in [0.4, 0.5) is 5.69 Å². The number of thiocarbonyl (C=S) groups is 1. The molecule has 0 saturated carbocycles. The number of aromatic nitrogens is 3. The number of anilines is 1. The maximum absolute atomic E-state index is 5.35. The number of rotatable bonds is 1. The Balaban J connectivity index is 2.45. The minimum atomic E-state index is 0.244. The zero-order chi connectivity index (χ0) is 10.1. The largest absolute Gasteiger partial charge is 0.376 e. The minimum absolute atomic E-state index is 0.244. The highest BCUT2D eigenvalue weighted by Crippen LogP contribution is 2.14. The van der Waals surface area contributed by atoms with E-state index in [1.54, 1.807) is 7.05 Å². The summed E-state index contributed by atoms with van der Waals surface area (Å²) in [7, 11) is 1.78. The summed E-state index contributed by atoms with van der Waals surface area (Å²) >= 11 is 4.73. The van der Waals surface area contributed by atoms with Gasteiger partial charge >= 0.3 is 0 Å². The molecule has 0 fully saturated rings. The summed E-state index contributed by atoms with van der Waals surface area (Å²) in [4.78, 5) is 1.52. The molecule has 0 unspecified atom stereocenters. The van der Waals surface area contributed by atoms with Gasteiger partial charge in [-0.1, -0.05) is 0 Å². The van der Waals surface area contributed by atoms with Crippen LogP contribution in [0.5, 0.6) is 0 Å². The summed E-state index contributed by atoms with van der Waals surface area (Å²) in [5.41, 5.74) is 7.84. The molecule has 0 atom stereocenters. The summed E-state index contributed by atoms with van der Waals surface area (Å²) in [6.07, 6.45) is 0. The van der Waals surface area contributed by atoms with Gasteiger partial charge in [0.2, 0.25) is 0 Å². The molecule has 0 bridgehead atoms. The molecule has 6 heteroatoms. The molecule has 0 radical (unpaired) electrons. The molecule has 0 aliphatic heterocycles. The Morgan fingerprint density at radius 2 is 2.14 bits per heavy atom. The summed E-state index contributed by atoms with van der Waals surface area (Å²) in [6.45, 7) is 0. The van der Waals surface area contributed by atoms with E-state index in [0.717, 1.165) is 16.7 Å². The highest BCUT2D eigenvalue weighted by Gasteiger charge is 2.01. The van der Waals surface area contributed by atoms with Gasteiger partial charge in [0, 0.05) is 12.7 Å². The van der Waals surface area contributed by atoms with Crippen molar-refractivity contribution in [2.24, 2.45) is 12.8 Å². The third-order valence-electron chi connectivity index (χ3n) is 1.75. The molecule has 0 saturated heterocycles. The summed E-state index contributed by atoms with van der Waals surface area (Å²) in [5, 5.41) is 11.4. The van der Waals surface area contributed by atoms with Crippen molar-refractivity contribution in [3.8, 4) is 0 Å². The van der Waals surface area contributed by atoms with Gasteiger partial charge in [0.05, 0.1) is 0 Å². The Hall–Kier alpha value is -1.69. The smallest absolute Gasteiger partial charge is 0.168 e. The van der Waals surface area contributed by atoms with Crippen molar-refractivity contribution in [1.82, 2.24) is 15.0 Å². The molecule has 1 aromatic heterocycles. The van der Waals surface area contributed by atoms with E-state index in [4.69, 9.17) is 18.0 Å². The Morgan fingerprint density at radius 1 is 1.43 bits per heavy atom. The van der Waals surface area contributed by atoms with Crippen LogP contribution in [0.1, 0.15) is 0 Å². The van der Waals surface area contributed by atoms with E-state index in [1.165, 1.54) is 4.80 Å². The molecule has 2 aromatic rings. The van der Waals surface area contributed by atoms with Crippen molar-refractivity contribution in [3.63, 3.8) is 0 Å². The van der Waals surface area contributed by atoms with E-state index < -0.39 is 0 Å². The van der Waals surface area contributed by atoms with Crippen LogP contribution in [0.25, 0.3) is 11.0 Å². The summed E-state index contributed by atoms with van der Waals surface area (Å²) in [5.74, 6) is 0. The fraction of sp³-hybridized carbons (Fsp3) is 0.125. The molecule has 3 N–H and O–H groups in total. The standard InChI is InChI=1S/C8H9N5S/c1-13-11-6-3-2-5(10-8(9)14)4-7(6)12-13/h2-4H,1H3,(H3,9,10,14). The van der Waals surface area contributed by atoms with E-state index in [0.29, 0.717) is 0 Å². The van der Waals surface area contributed by atoms with Gasteiger partial charge < -0.3 is 11.1 Å². The number of nitrogens with zero attached hydrogens (tertiary/aromatic N) is 3. The number of hydrogen-bond donors (Lipinski definition) is 2. The average molecular weight is 207 g/mol. The van der Waals surface area contributed by atoms with Gasteiger partial charge in [-0.2, -0.15) is 15.0 Å². The van der Waals surface area contributed by atoms with Crippen LogP contribution in [0.15, 0.2) is 18.2 Å². The Bertz CT molecular complexity index is 489. The first-order valence-electron chi connectivity index (χ1n) is 4.03. The van der Waals surface area contributed by atoms with Crippen molar-refractivity contribution in [3.05, 3.63) is 18.2 Å². The molecule has 1 heterocycles. The van der Waals surface area contributed by atoms with Crippen LogP contribution >= 0.6 is 12.2 Å². The maximum Gasteiger partial charge on any atom is 0.168 e. The van der Waals surface area contributed by atoms with Gasteiger partial charge in [0.15, 0.2) is 5.11 Å². The highest BCUT2D eigenvalue weighted by molar-refractivity contribution is 7.80. The minimum Gasteiger partial charge on any atom is -0.376 e. The van der Waals surface area contributed by atoms with Crippen molar-refractivity contribution < 1.29 is 0 Å².